The lowest BCUT2D eigenvalue weighted by molar-refractivity contribution is -0.384. The van der Waals surface area contributed by atoms with Gasteiger partial charge in [-0.25, -0.2) is 4.39 Å². The first-order chi connectivity index (χ1) is 14.7. The predicted octanol–water partition coefficient (Wildman–Crippen LogP) is 4.44. The van der Waals surface area contributed by atoms with Gasteiger partial charge in [0.1, 0.15) is 11.9 Å². The largest absolute Gasteiger partial charge is 0.354 e. The number of nitro benzene ring substituents is 1. The number of nitrogens with one attached hydrogen (secondary N) is 2. The maximum absolute atomic E-state index is 12.9. The highest BCUT2D eigenvalue weighted by atomic mass is 35.5. The average Bonchev–Trinajstić information content (AvgIpc) is 2.72. The fourth-order valence-electron chi connectivity index (χ4n) is 2.67. The smallest absolute Gasteiger partial charge is 0.270 e. The first kappa shape index (κ1) is 24.6. The van der Waals surface area contributed by atoms with Gasteiger partial charge in [-0.1, -0.05) is 25.4 Å². The standard InChI is InChI=1S/C21H23ClFN3O4S/c1-13(2)19(25-20(27)17-9-6-15(26(29)30)12-18(17)22)21(28)24-10-3-11-31-16-7-4-14(23)5-8-16/h4-9,12-13,19H,3,10-11H2,1-2H3,(H,24,28)(H,25,27). The molecule has 0 spiro atoms. The highest BCUT2D eigenvalue weighted by Crippen LogP contribution is 2.23. The molecule has 7 nitrogen and oxygen atoms in total. The van der Waals surface area contributed by atoms with E-state index in [0.717, 1.165) is 16.7 Å². The minimum absolute atomic E-state index is 0.0569. The minimum Gasteiger partial charge on any atom is -0.354 e. The van der Waals surface area contributed by atoms with Crippen molar-refractivity contribution in [2.75, 3.05) is 12.3 Å². The van der Waals surface area contributed by atoms with Gasteiger partial charge in [-0.3, -0.25) is 19.7 Å². The summed E-state index contributed by atoms with van der Waals surface area (Å²) in [5.41, 5.74) is -0.167. The number of nitrogens with zero attached hydrogens (tertiary/aromatic N) is 1. The van der Waals surface area contributed by atoms with Gasteiger partial charge in [0, 0.05) is 23.6 Å². The second-order valence-corrected chi connectivity index (χ2v) is 8.64. The van der Waals surface area contributed by atoms with E-state index in [9.17, 15) is 24.1 Å². The number of carbonyl (C=O) groups is 2. The molecule has 1 unspecified atom stereocenters. The molecule has 0 aromatic heterocycles. The monoisotopic (exact) mass is 467 g/mol. The van der Waals surface area contributed by atoms with Crippen LogP contribution in [0.3, 0.4) is 0 Å². The van der Waals surface area contributed by atoms with Crippen LogP contribution in [0.25, 0.3) is 0 Å². The van der Waals surface area contributed by atoms with Crippen LogP contribution in [-0.4, -0.2) is 35.1 Å². The van der Waals surface area contributed by atoms with E-state index in [4.69, 9.17) is 11.6 Å². The summed E-state index contributed by atoms with van der Waals surface area (Å²) >= 11 is 7.56. The van der Waals surface area contributed by atoms with Crippen LogP contribution in [0.15, 0.2) is 47.4 Å². The van der Waals surface area contributed by atoms with Crippen LogP contribution in [0.4, 0.5) is 10.1 Å². The van der Waals surface area contributed by atoms with Gasteiger partial charge in [-0.15, -0.1) is 11.8 Å². The minimum atomic E-state index is -0.788. The van der Waals surface area contributed by atoms with E-state index in [0.29, 0.717) is 13.0 Å². The summed E-state index contributed by atoms with van der Waals surface area (Å²) in [6.45, 7) is 4.02. The molecule has 0 bridgehead atoms. The average molecular weight is 468 g/mol. The third kappa shape index (κ3) is 7.52. The van der Waals surface area contributed by atoms with E-state index in [1.807, 2.05) is 0 Å². The van der Waals surface area contributed by atoms with Crippen LogP contribution in [0, 0.1) is 21.8 Å². The highest BCUT2D eigenvalue weighted by molar-refractivity contribution is 7.99. The molecule has 0 heterocycles. The van der Waals surface area contributed by atoms with Gasteiger partial charge in [-0.2, -0.15) is 0 Å². The Hall–Kier alpha value is -2.65. The van der Waals surface area contributed by atoms with Crippen LogP contribution < -0.4 is 10.6 Å². The molecule has 2 N–H and O–H groups in total. The number of thioether (sulfide) groups is 1. The number of carbonyl (C=O) groups excluding carboxylic acids is 2. The number of halogens is 2. The van der Waals surface area contributed by atoms with Crippen LogP contribution >= 0.6 is 23.4 Å². The van der Waals surface area contributed by atoms with Crippen molar-refractivity contribution in [2.45, 2.75) is 31.2 Å². The molecule has 1 atom stereocenters. The molecule has 31 heavy (non-hydrogen) atoms. The summed E-state index contributed by atoms with van der Waals surface area (Å²) in [5.74, 6) is -0.639. The Morgan fingerprint density at radius 1 is 1.19 bits per heavy atom. The lowest BCUT2D eigenvalue weighted by Crippen LogP contribution is -2.50. The Bertz CT molecular complexity index is 941. The first-order valence-corrected chi connectivity index (χ1v) is 11.0. The molecule has 2 amide bonds. The summed E-state index contributed by atoms with van der Waals surface area (Å²) in [7, 11) is 0. The molecule has 0 saturated carbocycles. The molecular formula is C21H23ClFN3O4S. The highest BCUT2D eigenvalue weighted by Gasteiger charge is 2.25. The molecule has 2 aromatic rings. The molecule has 2 aromatic carbocycles. The quantitative estimate of drug-likeness (QED) is 0.233. The van der Waals surface area contributed by atoms with Crippen molar-refractivity contribution >= 4 is 40.9 Å². The Kier molecular flexibility index (Phi) is 9.26. The van der Waals surface area contributed by atoms with Crippen LogP contribution in [0.5, 0.6) is 0 Å². The molecule has 0 aliphatic heterocycles. The second-order valence-electron chi connectivity index (χ2n) is 7.06. The van der Waals surface area contributed by atoms with E-state index in [1.165, 1.54) is 24.3 Å². The topological polar surface area (TPSA) is 101 Å². The van der Waals surface area contributed by atoms with Gasteiger partial charge in [0.15, 0.2) is 0 Å². The molecule has 10 heteroatoms. The number of non-ortho nitro benzene ring substituents is 1. The Labute approximate surface area is 188 Å². The summed E-state index contributed by atoms with van der Waals surface area (Å²) in [6.07, 6.45) is 0.695. The van der Waals surface area contributed by atoms with Crippen molar-refractivity contribution in [1.29, 1.82) is 0 Å². The van der Waals surface area contributed by atoms with E-state index in [2.05, 4.69) is 10.6 Å². The molecule has 0 aliphatic rings. The number of rotatable bonds is 10. The van der Waals surface area contributed by atoms with E-state index in [-0.39, 0.29) is 33.9 Å². The van der Waals surface area contributed by atoms with Crippen LogP contribution in [-0.2, 0) is 4.79 Å². The lowest BCUT2D eigenvalue weighted by atomic mass is 10.0. The van der Waals surface area contributed by atoms with E-state index < -0.39 is 16.9 Å². The summed E-state index contributed by atoms with van der Waals surface area (Å²) in [6, 6.07) is 8.96. The first-order valence-electron chi connectivity index (χ1n) is 9.60. The van der Waals surface area contributed by atoms with Gasteiger partial charge in [0.25, 0.3) is 11.6 Å². The summed E-state index contributed by atoms with van der Waals surface area (Å²) in [5, 5.41) is 16.2. The Morgan fingerprint density at radius 2 is 1.87 bits per heavy atom. The molecule has 166 valence electrons. The number of hydrogen-bond acceptors (Lipinski definition) is 5. The number of nitro groups is 1. The Morgan fingerprint density at radius 3 is 2.45 bits per heavy atom. The van der Waals surface area contributed by atoms with Gasteiger partial charge in [-0.05, 0) is 48.4 Å². The van der Waals surface area contributed by atoms with Crippen molar-refractivity contribution in [3.05, 3.63) is 69.0 Å². The zero-order chi connectivity index (χ0) is 23.0. The third-order valence-corrected chi connectivity index (χ3v) is 5.76. The SMILES string of the molecule is CC(C)C(NC(=O)c1ccc([N+](=O)[O-])cc1Cl)C(=O)NCCCSc1ccc(F)cc1. The number of amides is 2. The summed E-state index contributed by atoms with van der Waals surface area (Å²) < 4.78 is 12.9. The Balaban J connectivity index is 1.86. The van der Waals surface area contributed by atoms with Crippen molar-refractivity contribution in [3.63, 3.8) is 0 Å². The third-order valence-electron chi connectivity index (χ3n) is 4.35. The number of hydrogen-bond donors (Lipinski definition) is 2. The van der Waals surface area contributed by atoms with Crippen LogP contribution in [0.1, 0.15) is 30.6 Å². The zero-order valence-electron chi connectivity index (χ0n) is 17.1. The predicted molar refractivity (Wildman–Crippen MR) is 119 cm³/mol. The van der Waals surface area contributed by atoms with Crippen molar-refractivity contribution < 1.29 is 18.9 Å². The van der Waals surface area contributed by atoms with Crippen molar-refractivity contribution in [1.82, 2.24) is 10.6 Å². The fourth-order valence-corrected chi connectivity index (χ4v) is 3.78. The maximum atomic E-state index is 12.9. The van der Waals surface area contributed by atoms with Gasteiger partial charge < -0.3 is 10.6 Å². The van der Waals surface area contributed by atoms with Gasteiger partial charge in [0.05, 0.1) is 15.5 Å². The van der Waals surface area contributed by atoms with Crippen LogP contribution in [0.2, 0.25) is 5.02 Å². The normalized spacial score (nSPS) is 11.8. The van der Waals surface area contributed by atoms with E-state index in [1.54, 1.807) is 37.7 Å². The molecular weight excluding hydrogens is 445 g/mol. The van der Waals surface area contributed by atoms with E-state index >= 15 is 0 Å². The van der Waals surface area contributed by atoms with Gasteiger partial charge >= 0.3 is 0 Å². The molecule has 0 saturated heterocycles. The van der Waals surface area contributed by atoms with Crippen molar-refractivity contribution in [2.24, 2.45) is 5.92 Å². The number of benzene rings is 2. The summed E-state index contributed by atoms with van der Waals surface area (Å²) in [4.78, 5) is 36.2. The zero-order valence-corrected chi connectivity index (χ0v) is 18.6. The van der Waals surface area contributed by atoms with Gasteiger partial charge in [0.2, 0.25) is 5.91 Å². The molecule has 0 radical (unpaired) electrons. The molecule has 2 rings (SSSR count). The second kappa shape index (κ2) is 11.7. The molecule has 0 fully saturated rings. The lowest BCUT2D eigenvalue weighted by Gasteiger charge is -2.22. The molecule has 0 aliphatic carbocycles. The fraction of sp³-hybridized carbons (Fsp3) is 0.333. The maximum Gasteiger partial charge on any atom is 0.270 e. The van der Waals surface area contributed by atoms with Crippen molar-refractivity contribution in [3.8, 4) is 0 Å².